The van der Waals surface area contributed by atoms with Crippen LogP contribution in [-0.2, 0) is 0 Å². The molecule has 1 aliphatic rings. The van der Waals surface area contributed by atoms with Crippen LogP contribution in [0.2, 0.25) is 0 Å². The Morgan fingerprint density at radius 2 is 1.83 bits per heavy atom. The number of rotatable bonds is 5. The van der Waals surface area contributed by atoms with Gasteiger partial charge in [0.05, 0.1) is 11.4 Å². The summed E-state index contributed by atoms with van der Waals surface area (Å²) in [7, 11) is 4.19. The molecule has 3 rings (SSSR count). The Bertz CT molecular complexity index is 757. The van der Waals surface area contributed by atoms with Crippen molar-refractivity contribution in [3.05, 3.63) is 48.0 Å². The van der Waals surface area contributed by atoms with Crippen LogP contribution in [0.15, 0.2) is 52.3 Å². The standard InChI is InChI=1S/C20H24N2OS/c1-5-18(23)15-10-11-20-17(12-15)22(14(2)13-21(3)4)16-8-6-7-9-19(16)24-20/h6-12,14H,5,13H2,1-4H3/t14-/m1/s1. The van der Waals surface area contributed by atoms with E-state index < -0.39 is 0 Å². The van der Waals surface area contributed by atoms with E-state index in [0.717, 1.165) is 17.8 Å². The molecule has 0 radical (unpaired) electrons. The Morgan fingerprint density at radius 1 is 1.12 bits per heavy atom. The van der Waals surface area contributed by atoms with Crippen molar-refractivity contribution in [2.45, 2.75) is 36.1 Å². The molecule has 0 aromatic heterocycles. The minimum absolute atomic E-state index is 0.196. The lowest BCUT2D eigenvalue weighted by Gasteiger charge is -2.38. The predicted octanol–water partition coefficient (Wildman–Crippen LogP) is 4.83. The molecule has 0 unspecified atom stereocenters. The third kappa shape index (κ3) is 3.21. The lowest BCUT2D eigenvalue weighted by Crippen LogP contribution is -2.38. The van der Waals surface area contributed by atoms with E-state index in [9.17, 15) is 4.79 Å². The Morgan fingerprint density at radius 3 is 2.54 bits per heavy atom. The number of nitrogens with zero attached hydrogens (tertiary/aromatic N) is 2. The van der Waals surface area contributed by atoms with Gasteiger partial charge in [0.2, 0.25) is 0 Å². The lowest BCUT2D eigenvalue weighted by molar-refractivity contribution is 0.0988. The van der Waals surface area contributed by atoms with E-state index in [4.69, 9.17) is 0 Å². The Hall–Kier alpha value is -1.78. The van der Waals surface area contributed by atoms with Crippen molar-refractivity contribution in [3.63, 3.8) is 0 Å². The smallest absolute Gasteiger partial charge is 0.162 e. The molecule has 0 bridgehead atoms. The molecule has 24 heavy (non-hydrogen) atoms. The molecule has 0 saturated heterocycles. The van der Waals surface area contributed by atoms with E-state index in [2.05, 4.69) is 67.2 Å². The van der Waals surface area contributed by atoms with Crippen LogP contribution in [0.3, 0.4) is 0 Å². The molecule has 0 N–H and O–H groups in total. The number of anilines is 2. The molecule has 0 fully saturated rings. The quantitative estimate of drug-likeness (QED) is 0.727. The summed E-state index contributed by atoms with van der Waals surface area (Å²) in [5.74, 6) is 0.196. The van der Waals surface area contributed by atoms with Gasteiger partial charge in [-0.25, -0.2) is 0 Å². The minimum atomic E-state index is 0.196. The maximum Gasteiger partial charge on any atom is 0.162 e. The summed E-state index contributed by atoms with van der Waals surface area (Å²) in [5.41, 5.74) is 3.18. The lowest BCUT2D eigenvalue weighted by atomic mass is 10.1. The first kappa shape index (κ1) is 17.1. The molecule has 2 aromatic carbocycles. The first-order chi connectivity index (χ1) is 11.5. The number of likely N-dealkylation sites (N-methyl/N-ethyl adjacent to an activating group) is 1. The second-order valence-electron chi connectivity index (χ2n) is 6.51. The van der Waals surface area contributed by atoms with E-state index in [1.807, 2.05) is 13.0 Å². The molecular formula is C20H24N2OS. The first-order valence-corrected chi connectivity index (χ1v) is 9.21. The van der Waals surface area contributed by atoms with Gasteiger partial charge >= 0.3 is 0 Å². The number of ketones is 1. The van der Waals surface area contributed by atoms with E-state index in [0.29, 0.717) is 12.5 Å². The van der Waals surface area contributed by atoms with Crippen molar-refractivity contribution in [1.82, 2.24) is 4.90 Å². The minimum Gasteiger partial charge on any atom is -0.335 e. The van der Waals surface area contributed by atoms with E-state index >= 15 is 0 Å². The molecule has 0 amide bonds. The van der Waals surface area contributed by atoms with Crippen LogP contribution in [0.1, 0.15) is 30.6 Å². The van der Waals surface area contributed by atoms with Crippen molar-refractivity contribution < 1.29 is 4.79 Å². The Balaban J connectivity index is 2.10. The average molecular weight is 340 g/mol. The highest BCUT2D eigenvalue weighted by atomic mass is 32.2. The number of hydrogen-bond acceptors (Lipinski definition) is 4. The van der Waals surface area contributed by atoms with Crippen LogP contribution >= 0.6 is 11.8 Å². The zero-order valence-electron chi connectivity index (χ0n) is 14.7. The van der Waals surface area contributed by atoms with Gasteiger partial charge in [0.1, 0.15) is 0 Å². The van der Waals surface area contributed by atoms with Crippen LogP contribution < -0.4 is 4.90 Å². The van der Waals surface area contributed by atoms with Gasteiger partial charge in [-0.15, -0.1) is 0 Å². The molecule has 1 heterocycles. The molecule has 4 heteroatoms. The number of carbonyl (C=O) groups is 1. The summed E-state index contributed by atoms with van der Waals surface area (Å²) in [6, 6.07) is 14.9. The number of para-hydroxylation sites is 1. The summed E-state index contributed by atoms with van der Waals surface area (Å²) in [6.07, 6.45) is 0.537. The fourth-order valence-corrected chi connectivity index (χ4v) is 4.30. The van der Waals surface area contributed by atoms with Crippen molar-refractivity contribution in [2.75, 3.05) is 25.5 Å². The second-order valence-corrected chi connectivity index (χ2v) is 7.59. The van der Waals surface area contributed by atoms with Crippen molar-refractivity contribution in [3.8, 4) is 0 Å². The van der Waals surface area contributed by atoms with Gasteiger partial charge in [-0.1, -0.05) is 36.9 Å². The normalized spacial score (nSPS) is 14.3. The summed E-state index contributed by atoms with van der Waals surface area (Å²) < 4.78 is 0. The van der Waals surface area contributed by atoms with Gasteiger partial charge in [0.15, 0.2) is 5.78 Å². The summed E-state index contributed by atoms with van der Waals surface area (Å²) in [4.78, 5) is 19.2. The molecule has 3 nitrogen and oxygen atoms in total. The van der Waals surface area contributed by atoms with Crippen LogP contribution in [0.5, 0.6) is 0 Å². The van der Waals surface area contributed by atoms with Gasteiger partial charge in [-0.3, -0.25) is 4.79 Å². The van der Waals surface area contributed by atoms with Gasteiger partial charge in [0, 0.05) is 34.4 Å². The summed E-state index contributed by atoms with van der Waals surface area (Å²) in [6.45, 7) is 5.10. The van der Waals surface area contributed by atoms with E-state index in [1.165, 1.54) is 15.5 Å². The Labute approximate surface area is 148 Å². The largest absolute Gasteiger partial charge is 0.335 e. The third-order valence-electron chi connectivity index (χ3n) is 4.28. The fourth-order valence-electron chi connectivity index (χ4n) is 3.25. The highest BCUT2D eigenvalue weighted by Crippen LogP contribution is 2.49. The maximum absolute atomic E-state index is 12.2. The summed E-state index contributed by atoms with van der Waals surface area (Å²) >= 11 is 1.78. The predicted molar refractivity (Wildman–Crippen MR) is 102 cm³/mol. The Kier molecular flexibility index (Phi) is 4.97. The van der Waals surface area contributed by atoms with E-state index in [1.54, 1.807) is 11.8 Å². The van der Waals surface area contributed by atoms with E-state index in [-0.39, 0.29) is 5.78 Å². The topological polar surface area (TPSA) is 23.6 Å². The number of benzene rings is 2. The number of fused-ring (bicyclic) bond motifs is 2. The molecule has 0 saturated carbocycles. The zero-order chi connectivity index (χ0) is 17.3. The number of Topliss-reactive ketones (excluding diaryl/α,β-unsaturated/α-hetero) is 1. The molecule has 0 aliphatic carbocycles. The van der Waals surface area contributed by atoms with Crippen LogP contribution in [0.4, 0.5) is 11.4 Å². The molecule has 2 aromatic rings. The molecule has 126 valence electrons. The van der Waals surface area contributed by atoms with Crippen LogP contribution in [-0.4, -0.2) is 37.4 Å². The molecule has 1 atom stereocenters. The van der Waals surface area contributed by atoms with Gasteiger partial charge in [0.25, 0.3) is 0 Å². The first-order valence-electron chi connectivity index (χ1n) is 8.39. The average Bonchev–Trinajstić information content (AvgIpc) is 2.57. The zero-order valence-corrected chi connectivity index (χ0v) is 15.6. The second kappa shape index (κ2) is 6.99. The fraction of sp³-hybridized carbons (Fsp3) is 0.350. The molecule has 1 aliphatic heterocycles. The maximum atomic E-state index is 12.2. The highest BCUT2D eigenvalue weighted by molar-refractivity contribution is 7.99. The third-order valence-corrected chi connectivity index (χ3v) is 5.41. The monoisotopic (exact) mass is 340 g/mol. The highest BCUT2D eigenvalue weighted by Gasteiger charge is 2.27. The number of carbonyl (C=O) groups excluding carboxylic acids is 1. The van der Waals surface area contributed by atoms with Gasteiger partial charge < -0.3 is 9.80 Å². The van der Waals surface area contributed by atoms with Crippen LogP contribution in [0, 0.1) is 0 Å². The summed E-state index contributed by atoms with van der Waals surface area (Å²) in [5, 5.41) is 0. The molecular weight excluding hydrogens is 316 g/mol. The van der Waals surface area contributed by atoms with Crippen LogP contribution in [0.25, 0.3) is 0 Å². The number of hydrogen-bond donors (Lipinski definition) is 0. The van der Waals surface area contributed by atoms with Gasteiger partial charge in [-0.05, 0) is 45.3 Å². The van der Waals surface area contributed by atoms with Gasteiger partial charge in [-0.2, -0.15) is 0 Å². The molecule has 0 spiro atoms. The van der Waals surface area contributed by atoms with Crippen molar-refractivity contribution in [2.24, 2.45) is 0 Å². The van der Waals surface area contributed by atoms with Crippen molar-refractivity contribution in [1.29, 1.82) is 0 Å². The SMILES string of the molecule is CCC(=O)c1ccc2c(c1)N([C@H](C)CN(C)C)c1ccccc1S2. The van der Waals surface area contributed by atoms with Crippen molar-refractivity contribution >= 4 is 28.9 Å².